The third kappa shape index (κ3) is 2.78. The summed E-state index contributed by atoms with van der Waals surface area (Å²) in [6, 6.07) is 2.11. The van der Waals surface area contributed by atoms with Crippen LogP contribution in [0.2, 0.25) is 0 Å². The van der Waals surface area contributed by atoms with Crippen molar-refractivity contribution in [3.8, 4) is 0 Å². The minimum Gasteiger partial charge on any atom is -0.299 e. The molecular weight excluding hydrogens is 254 g/mol. The summed E-state index contributed by atoms with van der Waals surface area (Å²) in [4.78, 5) is 24.1. The van der Waals surface area contributed by atoms with E-state index in [0.29, 0.717) is 5.56 Å². The van der Waals surface area contributed by atoms with Crippen LogP contribution in [-0.4, -0.2) is 29.8 Å². The van der Waals surface area contributed by atoms with Crippen molar-refractivity contribution in [2.45, 2.75) is 25.4 Å². The molecule has 1 aromatic carbocycles. The number of likely N-dealkylation sites (tertiary alicyclic amines) is 1. The highest BCUT2D eigenvalue weighted by Gasteiger charge is 2.36. The molecule has 1 heterocycles. The van der Waals surface area contributed by atoms with Gasteiger partial charge in [0.25, 0.3) is 0 Å². The average molecular weight is 268 g/mol. The maximum absolute atomic E-state index is 13.1. The summed E-state index contributed by atoms with van der Waals surface area (Å²) in [6.45, 7) is 1.68. The number of carbonyl (C=O) groups excluding carboxylic acids is 2. The van der Waals surface area contributed by atoms with Crippen LogP contribution in [0.25, 0.3) is 0 Å². The zero-order chi connectivity index (χ0) is 14.2. The number of hydrogen-bond donors (Lipinski definition) is 1. The van der Waals surface area contributed by atoms with Gasteiger partial charge in [0, 0.05) is 19.2 Å². The molecule has 0 radical (unpaired) electrons. The zero-order valence-corrected chi connectivity index (χ0v) is 10.6. The van der Waals surface area contributed by atoms with E-state index in [4.69, 9.17) is 0 Å². The predicted octanol–water partition coefficient (Wildman–Crippen LogP) is 1.37. The summed E-state index contributed by atoms with van der Waals surface area (Å²) >= 11 is 0. The number of imide groups is 1. The Morgan fingerprint density at radius 1 is 1.26 bits per heavy atom. The van der Waals surface area contributed by atoms with E-state index in [0.717, 1.165) is 11.0 Å². The van der Waals surface area contributed by atoms with Crippen LogP contribution in [0.5, 0.6) is 0 Å². The van der Waals surface area contributed by atoms with E-state index in [2.05, 4.69) is 5.32 Å². The van der Waals surface area contributed by atoms with Gasteiger partial charge in [0.15, 0.2) is 0 Å². The number of benzene rings is 1. The molecular formula is C13H14F2N2O2. The fourth-order valence-electron chi connectivity index (χ4n) is 2.11. The van der Waals surface area contributed by atoms with Crippen molar-refractivity contribution in [3.63, 3.8) is 0 Å². The highest BCUT2D eigenvalue weighted by Crippen LogP contribution is 2.19. The number of hydrogen-bond acceptors (Lipinski definition) is 3. The van der Waals surface area contributed by atoms with Crippen LogP contribution in [0.15, 0.2) is 18.2 Å². The van der Waals surface area contributed by atoms with Crippen molar-refractivity contribution in [1.29, 1.82) is 0 Å². The monoisotopic (exact) mass is 268 g/mol. The number of carbonyl (C=O) groups is 2. The summed E-state index contributed by atoms with van der Waals surface area (Å²) in [5.41, 5.74) is 0.396. The second-order valence-corrected chi connectivity index (χ2v) is 4.64. The Morgan fingerprint density at radius 2 is 1.84 bits per heavy atom. The van der Waals surface area contributed by atoms with Gasteiger partial charge in [-0.1, -0.05) is 0 Å². The summed E-state index contributed by atoms with van der Waals surface area (Å²) in [5, 5.41) is 2.91. The Bertz CT molecular complexity index is 513. The summed E-state index contributed by atoms with van der Waals surface area (Å²) in [7, 11) is 1.42. The van der Waals surface area contributed by atoms with Crippen molar-refractivity contribution in [1.82, 2.24) is 10.2 Å². The molecule has 2 amide bonds. The molecule has 1 aliphatic heterocycles. The number of halogens is 2. The van der Waals surface area contributed by atoms with Crippen molar-refractivity contribution in [2.24, 2.45) is 0 Å². The van der Waals surface area contributed by atoms with E-state index < -0.39 is 23.7 Å². The van der Waals surface area contributed by atoms with Gasteiger partial charge in [0.1, 0.15) is 11.6 Å². The summed E-state index contributed by atoms with van der Waals surface area (Å²) in [5.74, 6) is -1.93. The second-order valence-electron chi connectivity index (χ2n) is 4.64. The van der Waals surface area contributed by atoms with Gasteiger partial charge >= 0.3 is 0 Å². The number of rotatable bonds is 3. The summed E-state index contributed by atoms with van der Waals surface area (Å²) < 4.78 is 26.2. The number of amides is 2. The lowest BCUT2D eigenvalue weighted by atomic mass is 10.1. The molecule has 102 valence electrons. The minimum atomic E-state index is -0.672. The molecule has 1 aliphatic rings. The minimum absolute atomic E-state index is 0.0669. The van der Waals surface area contributed by atoms with Gasteiger partial charge in [0.05, 0.1) is 12.5 Å². The molecule has 2 rings (SSSR count). The molecule has 0 aromatic heterocycles. The maximum atomic E-state index is 13.1. The Morgan fingerprint density at radius 3 is 2.32 bits per heavy atom. The fraction of sp³-hybridized carbons (Fsp3) is 0.385. The molecule has 1 N–H and O–H groups in total. The van der Waals surface area contributed by atoms with E-state index in [1.165, 1.54) is 19.2 Å². The number of likely N-dealkylation sites (N-methyl/N-ethyl adjacent to an activating group) is 1. The Hall–Kier alpha value is -1.82. The third-order valence-corrected chi connectivity index (χ3v) is 3.22. The Labute approximate surface area is 109 Å². The van der Waals surface area contributed by atoms with E-state index in [9.17, 15) is 18.4 Å². The molecule has 0 bridgehead atoms. The fourth-order valence-corrected chi connectivity index (χ4v) is 2.11. The largest absolute Gasteiger partial charge is 0.299 e. The molecule has 0 spiro atoms. The van der Waals surface area contributed by atoms with Crippen LogP contribution in [0, 0.1) is 11.6 Å². The van der Waals surface area contributed by atoms with Crippen LogP contribution < -0.4 is 5.32 Å². The van der Waals surface area contributed by atoms with Gasteiger partial charge in [-0.25, -0.2) is 8.78 Å². The number of nitrogens with zero attached hydrogens (tertiary/aromatic N) is 1. The molecule has 2 atom stereocenters. The van der Waals surface area contributed by atoms with Crippen LogP contribution in [0.1, 0.15) is 24.9 Å². The number of nitrogens with one attached hydrogen (secondary N) is 1. The van der Waals surface area contributed by atoms with E-state index in [1.807, 2.05) is 0 Å². The lowest BCUT2D eigenvalue weighted by molar-refractivity contribution is -0.137. The second kappa shape index (κ2) is 5.05. The zero-order valence-electron chi connectivity index (χ0n) is 10.6. The Kier molecular flexibility index (Phi) is 3.61. The van der Waals surface area contributed by atoms with Gasteiger partial charge in [-0.3, -0.25) is 19.8 Å². The van der Waals surface area contributed by atoms with Crippen LogP contribution in [0.4, 0.5) is 8.78 Å². The molecule has 0 aliphatic carbocycles. The van der Waals surface area contributed by atoms with Crippen molar-refractivity contribution < 1.29 is 18.4 Å². The molecule has 0 saturated carbocycles. The van der Waals surface area contributed by atoms with Crippen LogP contribution in [-0.2, 0) is 9.59 Å². The van der Waals surface area contributed by atoms with Crippen molar-refractivity contribution >= 4 is 11.8 Å². The van der Waals surface area contributed by atoms with E-state index in [-0.39, 0.29) is 18.2 Å². The van der Waals surface area contributed by atoms with Gasteiger partial charge < -0.3 is 0 Å². The topological polar surface area (TPSA) is 49.4 Å². The molecule has 19 heavy (non-hydrogen) atoms. The van der Waals surface area contributed by atoms with E-state index in [1.54, 1.807) is 6.92 Å². The first-order valence-electron chi connectivity index (χ1n) is 5.91. The lowest BCUT2D eigenvalue weighted by Crippen LogP contribution is -2.38. The quantitative estimate of drug-likeness (QED) is 0.842. The van der Waals surface area contributed by atoms with Gasteiger partial charge in [0.2, 0.25) is 11.8 Å². The molecule has 2 unspecified atom stereocenters. The first-order valence-corrected chi connectivity index (χ1v) is 5.91. The average Bonchev–Trinajstić information content (AvgIpc) is 2.56. The highest BCUT2D eigenvalue weighted by atomic mass is 19.1. The molecule has 1 saturated heterocycles. The molecule has 1 aromatic rings. The van der Waals surface area contributed by atoms with Gasteiger partial charge in [-0.05, 0) is 24.6 Å². The predicted molar refractivity (Wildman–Crippen MR) is 64.1 cm³/mol. The van der Waals surface area contributed by atoms with E-state index >= 15 is 0 Å². The highest BCUT2D eigenvalue weighted by molar-refractivity contribution is 6.05. The smallest absolute Gasteiger partial charge is 0.246 e. The van der Waals surface area contributed by atoms with Crippen molar-refractivity contribution in [2.75, 3.05) is 7.05 Å². The van der Waals surface area contributed by atoms with Gasteiger partial charge in [-0.2, -0.15) is 0 Å². The normalized spacial score (nSPS) is 21.1. The lowest BCUT2D eigenvalue weighted by Gasteiger charge is -2.18. The van der Waals surface area contributed by atoms with Crippen molar-refractivity contribution in [3.05, 3.63) is 35.4 Å². The molecule has 1 fully saturated rings. The van der Waals surface area contributed by atoms with Crippen LogP contribution in [0.3, 0.4) is 0 Å². The first kappa shape index (κ1) is 13.6. The summed E-state index contributed by atoms with van der Waals surface area (Å²) in [6.07, 6.45) is 0.0669. The SMILES string of the molecule is CC(NC1CC(=O)N(C)C1=O)c1cc(F)cc(F)c1. The molecule has 4 nitrogen and oxygen atoms in total. The Balaban J connectivity index is 2.11. The first-order chi connectivity index (χ1) is 8.88. The maximum Gasteiger partial charge on any atom is 0.246 e. The van der Waals surface area contributed by atoms with Crippen LogP contribution >= 0.6 is 0 Å². The molecule has 6 heteroatoms. The standard InChI is InChI=1S/C13H14F2N2O2/c1-7(8-3-9(14)5-10(15)4-8)16-11-6-12(18)17(2)13(11)19/h3-5,7,11,16H,6H2,1-2H3. The third-order valence-electron chi connectivity index (χ3n) is 3.22. The van der Waals surface area contributed by atoms with Gasteiger partial charge in [-0.15, -0.1) is 0 Å².